The Balaban J connectivity index is 2.19. The van der Waals surface area contributed by atoms with E-state index in [0.717, 1.165) is 18.4 Å². The zero-order valence-corrected chi connectivity index (χ0v) is 21.9. The van der Waals surface area contributed by atoms with Crippen LogP contribution in [0.5, 0.6) is 0 Å². The van der Waals surface area contributed by atoms with E-state index in [4.69, 9.17) is 21.1 Å². The lowest BCUT2D eigenvalue weighted by molar-refractivity contribution is -0.144. The highest BCUT2D eigenvalue weighted by Gasteiger charge is 2.59. The molecule has 188 valence electrons. The number of halogens is 1. The van der Waals surface area contributed by atoms with Gasteiger partial charge in [0.1, 0.15) is 5.57 Å². The van der Waals surface area contributed by atoms with E-state index in [1.807, 2.05) is 13.8 Å². The summed E-state index contributed by atoms with van der Waals surface area (Å²) in [5.74, 6) is -1.70. The first kappa shape index (κ1) is 26.9. The van der Waals surface area contributed by atoms with Crippen LogP contribution in [0.3, 0.4) is 0 Å². The lowest BCUT2D eigenvalue weighted by atomic mass is 9.95. The summed E-state index contributed by atoms with van der Waals surface area (Å²) in [4.78, 5) is 25.5. The number of ether oxygens (including phenoxy) is 2. The highest BCUT2D eigenvalue weighted by molar-refractivity contribution is 7.89. The Bertz CT molecular complexity index is 1190. The largest absolute Gasteiger partial charge is 0.465 e. The maximum absolute atomic E-state index is 13.7. The van der Waals surface area contributed by atoms with Gasteiger partial charge >= 0.3 is 11.9 Å². The summed E-state index contributed by atoms with van der Waals surface area (Å²) in [6.45, 7) is 3.91. The van der Waals surface area contributed by atoms with Crippen LogP contribution in [0.1, 0.15) is 49.8 Å². The van der Waals surface area contributed by atoms with Crippen LogP contribution in [-0.4, -0.2) is 44.9 Å². The van der Waals surface area contributed by atoms with Crippen LogP contribution >= 0.6 is 11.6 Å². The van der Waals surface area contributed by atoms with E-state index in [-0.39, 0.29) is 10.5 Å². The van der Waals surface area contributed by atoms with Gasteiger partial charge in [0.25, 0.3) is 0 Å². The smallest absolute Gasteiger partial charge is 0.345 e. The van der Waals surface area contributed by atoms with Gasteiger partial charge in [0.05, 0.1) is 31.2 Å². The minimum absolute atomic E-state index is 0.134. The zero-order valence-electron chi connectivity index (χ0n) is 20.3. The van der Waals surface area contributed by atoms with Crippen LogP contribution < -0.4 is 0 Å². The highest BCUT2D eigenvalue weighted by Crippen LogP contribution is 2.53. The van der Waals surface area contributed by atoms with Crippen LogP contribution in [0.15, 0.2) is 64.6 Å². The number of esters is 2. The number of rotatable bonds is 10. The lowest BCUT2D eigenvalue weighted by Gasteiger charge is -2.13. The molecule has 1 heterocycles. The third kappa shape index (κ3) is 5.77. The summed E-state index contributed by atoms with van der Waals surface area (Å²) in [5, 5.41) is 0.516. The predicted molar refractivity (Wildman–Crippen MR) is 133 cm³/mol. The van der Waals surface area contributed by atoms with E-state index in [1.165, 1.54) is 18.5 Å². The van der Waals surface area contributed by atoms with Crippen molar-refractivity contribution in [3.8, 4) is 0 Å². The maximum Gasteiger partial charge on any atom is 0.345 e. The number of sulfonamides is 1. The number of nitrogens with zero attached hydrogens (tertiary/aromatic N) is 1. The van der Waals surface area contributed by atoms with Crippen molar-refractivity contribution >= 4 is 33.6 Å². The zero-order chi connectivity index (χ0) is 25.8. The van der Waals surface area contributed by atoms with Gasteiger partial charge in [0.15, 0.2) is 0 Å². The molecule has 1 saturated heterocycles. The van der Waals surface area contributed by atoms with Gasteiger partial charge in [-0.15, -0.1) is 0 Å². The fraction of sp³-hybridized carbons (Fsp3) is 0.385. The average molecular weight is 520 g/mol. The van der Waals surface area contributed by atoms with Gasteiger partial charge in [0.2, 0.25) is 10.0 Å². The molecule has 0 saturated carbocycles. The van der Waals surface area contributed by atoms with E-state index in [1.54, 1.807) is 48.5 Å². The van der Waals surface area contributed by atoms with Gasteiger partial charge in [-0.25, -0.2) is 18.0 Å². The van der Waals surface area contributed by atoms with Crippen LogP contribution in [0.2, 0.25) is 5.02 Å². The molecule has 0 amide bonds. The summed E-state index contributed by atoms with van der Waals surface area (Å²) < 4.78 is 38.6. The second kappa shape index (κ2) is 11.4. The van der Waals surface area contributed by atoms with Crippen molar-refractivity contribution < 1.29 is 27.5 Å². The number of unbranched alkanes of at least 4 members (excludes halogenated alkanes) is 2. The summed E-state index contributed by atoms with van der Waals surface area (Å²) in [6.07, 6.45) is 2.78. The topological polar surface area (TPSA) is 89.8 Å². The molecule has 2 aromatic carbocycles. The van der Waals surface area contributed by atoms with E-state index in [9.17, 15) is 18.0 Å². The van der Waals surface area contributed by atoms with E-state index < -0.39 is 34.0 Å². The SMILES string of the molecule is CCCCCC(=C(C(=O)OC)C(=O)OC)[C@@H]1[C@H](c2ccc(Cl)cc2)N1S(=O)(=O)c1ccc(C)cc1. The van der Waals surface area contributed by atoms with Gasteiger partial charge in [0, 0.05) is 5.02 Å². The highest BCUT2D eigenvalue weighted by atomic mass is 35.5. The predicted octanol–water partition coefficient (Wildman–Crippen LogP) is 4.99. The number of methoxy groups -OCH3 is 2. The van der Waals surface area contributed by atoms with Gasteiger partial charge in [-0.05, 0) is 55.2 Å². The molecule has 1 fully saturated rings. The molecule has 0 aliphatic carbocycles. The number of hydrogen-bond donors (Lipinski definition) is 0. The van der Waals surface area contributed by atoms with Crippen LogP contribution in [0, 0.1) is 6.92 Å². The molecule has 3 rings (SSSR count). The Hall–Kier alpha value is -2.68. The first-order valence-electron chi connectivity index (χ1n) is 11.4. The minimum atomic E-state index is -3.95. The normalized spacial score (nSPS) is 19.1. The van der Waals surface area contributed by atoms with E-state index in [0.29, 0.717) is 29.0 Å². The quantitative estimate of drug-likeness (QED) is 0.110. The molecule has 1 aliphatic rings. The summed E-state index contributed by atoms with van der Waals surface area (Å²) in [7, 11) is -1.59. The number of hydrogen-bond acceptors (Lipinski definition) is 6. The van der Waals surface area contributed by atoms with Crippen LogP contribution in [0.25, 0.3) is 0 Å². The second-order valence-corrected chi connectivity index (χ2v) is 10.7. The van der Waals surface area contributed by atoms with Crippen LogP contribution in [0.4, 0.5) is 0 Å². The van der Waals surface area contributed by atoms with Crippen molar-refractivity contribution in [3.63, 3.8) is 0 Å². The molecule has 0 N–H and O–H groups in total. The van der Waals surface area contributed by atoms with Gasteiger partial charge < -0.3 is 9.47 Å². The molecule has 0 spiro atoms. The Morgan fingerprint density at radius 2 is 1.51 bits per heavy atom. The Morgan fingerprint density at radius 3 is 2.03 bits per heavy atom. The van der Waals surface area contributed by atoms with E-state index >= 15 is 0 Å². The van der Waals surface area contributed by atoms with Gasteiger partial charge in [-0.1, -0.05) is 61.2 Å². The first-order valence-corrected chi connectivity index (χ1v) is 13.2. The number of aryl methyl sites for hydroxylation is 1. The Morgan fingerprint density at radius 1 is 0.943 bits per heavy atom. The second-order valence-electron chi connectivity index (χ2n) is 8.43. The fourth-order valence-corrected chi connectivity index (χ4v) is 6.08. The number of carbonyl (C=O) groups is 2. The number of benzene rings is 2. The van der Waals surface area contributed by atoms with Crippen molar-refractivity contribution in [3.05, 3.63) is 75.8 Å². The van der Waals surface area contributed by atoms with Gasteiger partial charge in [-0.2, -0.15) is 4.31 Å². The monoisotopic (exact) mass is 519 g/mol. The Labute approximate surface area is 211 Å². The molecule has 35 heavy (non-hydrogen) atoms. The molecule has 3 atom stereocenters. The van der Waals surface area contributed by atoms with Crippen molar-refractivity contribution in [1.82, 2.24) is 4.31 Å². The fourth-order valence-electron chi connectivity index (χ4n) is 4.21. The van der Waals surface area contributed by atoms with Crippen molar-refractivity contribution in [2.75, 3.05) is 14.2 Å². The number of carbonyl (C=O) groups excluding carboxylic acids is 2. The van der Waals surface area contributed by atoms with Gasteiger partial charge in [-0.3, -0.25) is 0 Å². The molecular weight excluding hydrogens is 490 g/mol. The maximum atomic E-state index is 13.7. The molecule has 1 aliphatic heterocycles. The molecule has 0 bridgehead atoms. The Kier molecular flexibility index (Phi) is 8.74. The molecule has 7 nitrogen and oxygen atoms in total. The summed E-state index contributed by atoms with van der Waals surface area (Å²) in [6, 6.07) is 12.1. The van der Waals surface area contributed by atoms with Crippen LogP contribution in [-0.2, 0) is 29.1 Å². The first-order chi connectivity index (χ1) is 16.7. The standard InChI is InChI=1S/C26H30ClNO6S/c1-5-6-7-8-21(22(25(29)33-3)26(30)34-4)24-23(18-11-13-19(27)14-12-18)28(24)35(31,32)20-15-9-17(2)10-16-20/h9-16,23-24H,5-8H2,1-4H3/t23-,24+,28?/m0/s1. The molecule has 0 radical (unpaired) electrons. The van der Waals surface area contributed by atoms with Crippen molar-refractivity contribution in [2.45, 2.75) is 56.5 Å². The summed E-state index contributed by atoms with van der Waals surface area (Å²) in [5.41, 5.74) is 1.78. The third-order valence-corrected chi connectivity index (χ3v) is 8.20. The third-order valence-electron chi connectivity index (χ3n) is 6.07. The molecule has 0 aromatic heterocycles. The summed E-state index contributed by atoms with van der Waals surface area (Å²) >= 11 is 6.06. The molecule has 2 aromatic rings. The average Bonchev–Trinajstić information content (AvgIpc) is 3.60. The van der Waals surface area contributed by atoms with E-state index in [2.05, 4.69) is 0 Å². The van der Waals surface area contributed by atoms with Crippen molar-refractivity contribution in [2.24, 2.45) is 0 Å². The minimum Gasteiger partial charge on any atom is -0.465 e. The molecule has 1 unspecified atom stereocenters. The lowest BCUT2D eigenvalue weighted by Crippen LogP contribution is -2.23. The molecule has 9 heteroatoms. The molecular formula is C26H30ClNO6S. The van der Waals surface area contributed by atoms with Crippen molar-refractivity contribution in [1.29, 1.82) is 0 Å².